The number of nitrogens with one attached hydrogen (secondary N) is 1. The maximum Gasteiger partial charge on any atom is 0.270 e. The molecule has 1 N–H and O–H groups in total. The van der Waals surface area contributed by atoms with Gasteiger partial charge in [0.25, 0.3) is 5.69 Å². The van der Waals surface area contributed by atoms with Gasteiger partial charge in [-0.3, -0.25) is 10.1 Å². The van der Waals surface area contributed by atoms with Gasteiger partial charge in [-0.2, -0.15) is 0 Å². The summed E-state index contributed by atoms with van der Waals surface area (Å²) < 4.78 is 5.87. The molecule has 0 saturated heterocycles. The molecule has 0 unspecified atom stereocenters. The first-order chi connectivity index (χ1) is 8.62. The number of nitro groups is 1. The van der Waals surface area contributed by atoms with Crippen LogP contribution in [0.5, 0.6) is 5.75 Å². The van der Waals surface area contributed by atoms with Gasteiger partial charge in [-0.05, 0) is 26.0 Å². The largest absolute Gasteiger partial charge is 0.490 e. The standard InChI is InChI=1S/C13H20N2O3/c1-4-12(5-2)18-13-7-6-11(15(16)17)8-10(13)9-14-3/h6-8,12,14H,4-5,9H2,1-3H3. The molecule has 5 heteroatoms. The summed E-state index contributed by atoms with van der Waals surface area (Å²) in [6, 6.07) is 4.73. The van der Waals surface area contributed by atoms with Gasteiger partial charge in [-0.1, -0.05) is 13.8 Å². The van der Waals surface area contributed by atoms with Gasteiger partial charge in [0, 0.05) is 24.2 Å². The molecule has 0 bridgehead atoms. The second-order valence-electron chi connectivity index (χ2n) is 4.14. The summed E-state index contributed by atoms with van der Waals surface area (Å²) in [5, 5.41) is 13.7. The minimum atomic E-state index is -0.389. The highest BCUT2D eigenvalue weighted by atomic mass is 16.6. The fourth-order valence-corrected chi connectivity index (χ4v) is 1.76. The summed E-state index contributed by atoms with van der Waals surface area (Å²) >= 11 is 0. The number of hydrogen-bond donors (Lipinski definition) is 1. The van der Waals surface area contributed by atoms with Gasteiger partial charge in [-0.25, -0.2) is 0 Å². The third-order valence-corrected chi connectivity index (χ3v) is 2.83. The quantitative estimate of drug-likeness (QED) is 0.598. The molecule has 1 aromatic rings. The van der Waals surface area contributed by atoms with Crippen LogP contribution in [0.25, 0.3) is 0 Å². The molecule has 0 atom stereocenters. The second kappa shape index (κ2) is 6.96. The van der Waals surface area contributed by atoms with Crippen molar-refractivity contribution in [1.29, 1.82) is 0 Å². The Kier molecular flexibility index (Phi) is 5.58. The van der Waals surface area contributed by atoms with Gasteiger partial charge in [0.2, 0.25) is 0 Å². The number of nitrogens with zero attached hydrogens (tertiary/aromatic N) is 1. The molecule has 0 aliphatic rings. The summed E-state index contributed by atoms with van der Waals surface area (Å²) in [5.41, 5.74) is 0.913. The van der Waals surface area contributed by atoms with Crippen LogP contribution in [0.4, 0.5) is 5.69 Å². The molecular formula is C13H20N2O3. The molecule has 0 saturated carbocycles. The zero-order valence-electron chi connectivity index (χ0n) is 11.1. The lowest BCUT2D eigenvalue weighted by atomic mass is 10.1. The lowest BCUT2D eigenvalue weighted by Crippen LogP contribution is -2.16. The SMILES string of the molecule is CCC(CC)Oc1ccc([N+](=O)[O-])cc1CNC. The summed E-state index contributed by atoms with van der Waals surface area (Å²) in [5.74, 6) is 0.726. The van der Waals surface area contributed by atoms with E-state index in [1.54, 1.807) is 19.2 Å². The second-order valence-corrected chi connectivity index (χ2v) is 4.14. The molecule has 0 spiro atoms. The van der Waals surface area contributed by atoms with Gasteiger partial charge in [0.15, 0.2) is 0 Å². The van der Waals surface area contributed by atoms with Crippen LogP contribution in [-0.2, 0) is 6.54 Å². The van der Waals surface area contributed by atoms with Crippen LogP contribution in [0.15, 0.2) is 18.2 Å². The van der Waals surface area contributed by atoms with E-state index in [9.17, 15) is 10.1 Å². The predicted octanol–water partition coefficient (Wildman–Crippen LogP) is 2.88. The average molecular weight is 252 g/mol. The van der Waals surface area contributed by atoms with Crippen molar-refractivity contribution in [1.82, 2.24) is 5.32 Å². The van der Waals surface area contributed by atoms with Crippen molar-refractivity contribution in [3.8, 4) is 5.75 Å². The number of benzene rings is 1. The zero-order chi connectivity index (χ0) is 13.5. The van der Waals surface area contributed by atoms with E-state index in [1.165, 1.54) is 6.07 Å². The fourth-order valence-electron chi connectivity index (χ4n) is 1.76. The third kappa shape index (κ3) is 3.70. The van der Waals surface area contributed by atoms with E-state index in [1.807, 2.05) is 0 Å². The van der Waals surface area contributed by atoms with Gasteiger partial charge < -0.3 is 10.1 Å². The molecule has 0 aliphatic heterocycles. The first kappa shape index (κ1) is 14.4. The highest BCUT2D eigenvalue weighted by molar-refractivity contribution is 5.43. The van der Waals surface area contributed by atoms with E-state index >= 15 is 0 Å². The molecule has 0 amide bonds. The summed E-state index contributed by atoms with van der Waals surface area (Å²) in [6.07, 6.45) is 2.00. The molecule has 1 aromatic carbocycles. The van der Waals surface area contributed by atoms with E-state index in [0.29, 0.717) is 6.54 Å². The van der Waals surface area contributed by atoms with Gasteiger partial charge in [0.1, 0.15) is 5.75 Å². The van der Waals surface area contributed by atoms with E-state index in [0.717, 1.165) is 24.2 Å². The van der Waals surface area contributed by atoms with Crippen molar-refractivity contribution in [3.05, 3.63) is 33.9 Å². The van der Waals surface area contributed by atoms with Crippen LogP contribution in [0.3, 0.4) is 0 Å². The molecule has 0 heterocycles. The average Bonchev–Trinajstić information content (AvgIpc) is 2.37. The van der Waals surface area contributed by atoms with Crippen LogP contribution < -0.4 is 10.1 Å². The number of rotatable bonds is 7. The normalized spacial score (nSPS) is 10.7. The maximum atomic E-state index is 10.7. The lowest BCUT2D eigenvalue weighted by Gasteiger charge is -2.18. The molecule has 18 heavy (non-hydrogen) atoms. The molecule has 100 valence electrons. The van der Waals surface area contributed by atoms with Crippen LogP contribution in [0.1, 0.15) is 32.3 Å². The van der Waals surface area contributed by atoms with Crippen LogP contribution in [0.2, 0.25) is 0 Å². The van der Waals surface area contributed by atoms with Crippen LogP contribution >= 0.6 is 0 Å². The smallest absolute Gasteiger partial charge is 0.270 e. The Morgan fingerprint density at radius 3 is 2.56 bits per heavy atom. The summed E-state index contributed by atoms with van der Waals surface area (Å²) in [7, 11) is 1.81. The Morgan fingerprint density at radius 2 is 2.06 bits per heavy atom. The predicted molar refractivity (Wildman–Crippen MR) is 70.9 cm³/mol. The Balaban J connectivity index is 2.99. The van der Waals surface area contributed by atoms with Gasteiger partial charge in [0.05, 0.1) is 11.0 Å². The van der Waals surface area contributed by atoms with Crippen molar-refractivity contribution >= 4 is 5.69 Å². The van der Waals surface area contributed by atoms with Crippen molar-refractivity contribution in [3.63, 3.8) is 0 Å². The van der Waals surface area contributed by atoms with Crippen molar-refractivity contribution in [2.24, 2.45) is 0 Å². The highest BCUT2D eigenvalue weighted by Crippen LogP contribution is 2.26. The monoisotopic (exact) mass is 252 g/mol. The van der Waals surface area contributed by atoms with Gasteiger partial charge in [-0.15, -0.1) is 0 Å². The van der Waals surface area contributed by atoms with E-state index in [4.69, 9.17) is 4.74 Å². The van der Waals surface area contributed by atoms with Crippen molar-refractivity contribution in [2.75, 3.05) is 7.05 Å². The van der Waals surface area contributed by atoms with E-state index < -0.39 is 0 Å². The molecule has 0 aromatic heterocycles. The van der Waals surface area contributed by atoms with Crippen LogP contribution in [0, 0.1) is 10.1 Å². The first-order valence-corrected chi connectivity index (χ1v) is 6.20. The molecule has 1 rings (SSSR count). The number of ether oxygens (including phenoxy) is 1. The number of non-ortho nitro benzene ring substituents is 1. The molecule has 0 radical (unpaired) electrons. The van der Waals surface area contributed by atoms with Crippen molar-refractivity contribution in [2.45, 2.75) is 39.3 Å². The van der Waals surface area contributed by atoms with Crippen molar-refractivity contribution < 1.29 is 9.66 Å². The highest BCUT2D eigenvalue weighted by Gasteiger charge is 2.13. The van der Waals surface area contributed by atoms with Crippen LogP contribution in [-0.4, -0.2) is 18.1 Å². The minimum Gasteiger partial charge on any atom is -0.490 e. The van der Waals surface area contributed by atoms with E-state index in [-0.39, 0.29) is 16.7 Å². The topological polar surface area (TPSA) is 64.4 Å². The third-order valence-electron chi connectivity index (χ3n) is 2.83. The Labute approximate surface area is 107 Å². The summed E-state index contributed by atoms with van der Waals surface area (Å²) in [4.78, 5) is 10.4. The van der Waals surface area contributed by atoms with E-state index in [2.05, 4.69) is 19.2 Å². The molecule has 5 nitrogen and oxygen atoms in total. The molecule has 0 aliphatic carbocycles. The summed E-state index contributed by atoms with van der Waals surface area (Å²) in [6.45, 7) is 4.69. The Bertz CT molecular complexity index is 403. The first-order valence-electron chi connectivity index (χ1n) is 6.20. The number of nitro benzene ring substituents is 1. The molecule has 0 fully saturated rings. The van der Waals surface area contributed by atoms with Gasteiger partial charge >= 0.3 is 0 Å². The Morgan fingerprint density at radius 1 is 1.39 bits per heavy atom. The minimum absolute atomic E-state index is 0.0946. The molecular weight excluding hydrogens is 232 g/mol. The Hall–Kier alpha value is -1.62. The lowest BCUT2D eigenvalue weighted by molar-refractivity contribution is -0.384. The zero-order valence-corrected chi connectivity index (χ0v) is 11.1. The fraction of sp³-hybridized carbons (Fsp3) is 0.538. The maximum absolute atomic E-state index is 10.7. The number of hydrogen-bond acceptors (Lipinski definition) is 4.